The molecule has 0 bridgehead atoms. The van der Waals surface area contributed by atoms with Gasteiger partial charge in [0.2, 0.25) is 11.8 Å². The summed E-state index contributed by atoms with van der Waals surface area (Å²) < 4.78 is 2.93. The van der Waals surface area contributed by atoms with E-state index in [2.05, 4.69) is 16.9 Å². The number of benzene rings is 1. The Kier molecular flexibility index (Phi) is 5.27. The second-order valence-electron chi connectivity index (χ2n) is 4.90. The number of rotatable bonds is 5. The molecule has 2 amide bonds. The normalized spacial score (nSPS) is 11.6. The monoisotopic (exact) mass is 317 g/mol. The molecule has 2 aromatic rings. The van der Waals surface area contributed by atoms with Gasteiger partial charge in [-0.3, -0.25) is 9.59 Å². The summed E-state index contributed by atoms with van der Waals surface area (Å²) in [6, 6.07) is 5.65. The van der Waals surface area contributed by atoms with Crippen molar-refractivity contribution in [3.8, 4) is 0 Å². The number of fused-ring (bicyclic) bond motifs is 1. The highest BCUT2D eigenvalue weighted by Gasteiger charge is 2.08. The van der Waals surface area contributed by atoms with Gasteiger partial charge in [0.05, 0.1) is 10.2 Å². The van der Waals surface area contributed by atoms with Gasteiger partial charge in [0, 0.05) is 25.6 Å². The Balaban J connectivity index is 2.55. The van der Waals surface area contributed by atoms with E-state index in [4.69, 9.17) is 0 Å². The van der Waals surface area contributed by atoms with Crippen molar-refractivity contribution >= 4 is 39.1 Å². The predicted molar refractivity (Wildman–Crippen MR) is 89.8 cm³/mol. The summed E-state index contributed by atoms with van der Waals surface area (Å²) in [7, 11) is 0. The molecule has 116 valence electrons. The van der Waals surface area contributed by atoms with Crippen molar-refractivity contribution in [1.82, 2.24) is 4.57 Å². The van der Waals surface area contributed by atoms with E-state index in [0.717, 1.165) is 22.3 Å². The van der Waals surface area contributed by atoms with E-state index in [9.17, 15) is 9.59 Å². The molecule has 0 saturated heterocycles. The first-order chi connectivity index (χ1) is 10.5. The first-order valence-corrected chi connectivity index (χ1v) is 7.96. The van der Waals surface area contributed by atoms with Crippen molar-refractivity contribution in [1.29, 1.82) is 0 Å². The number of nitrogens with one attached hydrogen (secondary N) is 1. The maximum absolute atomic E-state index is 11.8. The molecular formula is C16H19N3O2S. The van der Waals surface area contributed by atoms with Gasteiger partial charge < -0.3 is 9.88 Å². The molecular weight excluding hydrogens is 298 g/mol. The lowest BCUT2D eigenvalue weighted by Gasteiger charge is -2.03. The summed E-state index contributed by atoms with van der Waals surface area (Å²) in [6.45, 7) is 7.76. The quantitative estimate of drug-likeness (QED) is 0.861. The molecule has 0 aliphatic rings. The molecule has 0 fully saturated rings. The van der Waals surface area contributed by atoms with Crippen molar-refractivity contribution in [3.63, 3.8) is 0 Å². The lowest BCUT2D eigenvalue weighted by Crippen LogP contribution is -2.16. The van der Waals surface area contributed by atoms with Gasteiger partial charge in [0.1, 0.15) is 0 Å². The van der Waals surface area contributed by atoms with E-state index in [1.807, 2.05) is 29.7 Å². The Hall–Kier alpha value is -2.21. The lowest BCUT2D eigenvalue weighted by atomic mass is 10.3. The van der Waals surface area contributed by atoms with Gasteiger partial charge in [-0.25, -0.2) is 0 Å². The van der Waals surface area contributed by atoms with E-state index >= 15 is 0 Å². The molecule has 2 rings (SSSR count). The van der Waals surface area contributed by atoms with E-state index in [1.54, 1.807) is 6.08 Å². The van der Waals surface area contributed by atoms with Crippen LogP contribution in [0.15, 0.2) is 35.8 Å². The van der Waals surface area contributed by atoms with E-state index in [1.165, 1.54) is 18.3 Å². The van der Waals surface area contributed by atoms with Crippen molar-refractivity contribution in [3.05, 3.63) is 35.7 Å². The zero-order valence-electron chi connectivity index (χ0n) is 12.8. The van der Waals surface area contributed by atoms with Crippen LogP contribution in [0.2, 0.25) is 0 Å². The first-order valence-electron chi connectivity index (χ1n) is 7.14. The molecule has 6 heteroatoms. The maximum Gasteiger partial charge on any atom is 0.248 e. The molecule has 0 atom stereocenters. The topological polar surface area (TPSA) is 63.5 Å². The fraction of sp³-hybridized carbons (Fsp3) is 0.312. The van der Waals surface area contributed by atoms with Crippen LogP contribution < -0.4 is 10.1 Å². The number of amides is 2. The lowest BCUT2D eigenvalue weighted by molar-refractivity contribution is -0.118. The first kappa shape index (κ1) is 16.2. The number of carbonyl (C=O) groups excluding carboxylic acids is 2. The van der Waals surface area contributed by atoms with Crippen molar-refractivity contribution in [2.24, 2.45) is 4.99 Å². The van der Waals surface area contributed by atoms with Gasteiger partial charge in [-0.15, -0.1) is 6.58 Å². The van der Waals surface area contributed by atoms with Crippen LogP contribution in [0.1, 0.15) is 26.7 Å². The van der Waals surface area contributed by atoms with Crippen LogP contribution in [0.5, 0.6) is 0 Å². The number of aromatic nitrogens is 1. The van der Waals surface area contributed by atoms with Crippen LogP contribution in [-0.2, 0) is 16.1 Å². The number of thiazole rings is 1. The van der Waals surface area contributed by atoms with E-state index in [0.29, 0.717) is 17.8 Å². The molecule has 22 heavy (non-hydrogen) atoms. The van der Waals surface area contributed by atoms with Gasteiger partial charge >= 0.3 is 0 Å². The minimum Gasteiger partial charge on any atom is -0.326 e. The van der Waals surface area contributed by atoms with Crippen LogP contribution in [0.25, 0.3) is 10.2 Å². The number of hydrogen-bond donors (Lipinski definition) is 1. The summed E-state index contributed by atoms with van der Waals surface area (Å²) >= 11 is 1.44. The third-order valence-corrected chi connectivity index (χ3v) is 4.04. The fourth-order valence-electron chi connectivity index (χ4n) is 2.12. The van der Waals surface area contributed by atoms with Gasteiger partial charge in [-0.2, -0.15) is 4.99 Å². The largest absolute Gasteiger partial charge is 0.326 e. The van der Waals surface area contributed by atoms with E-state index in [-0.39, 0.29) is 11.8 Å². The molecule has 1 N–H and O–H groups in total. The highest BCUT2D eigenvalue weighted by atomic mass is 32.1. The summed E-state index contributed by atoms with van der Waals surface area (Å²) in [4.78, 5) is 27.8. The average Bonchev–Trinajstić information content (AvgIpc) is 2.76. The zero-order chi connectivity index (χ0) is 16.1. The Morgan fingerprint density at radius 2 is 2.23 bits per heavy atom. The van der Waals surface area contributed by atoms with Gasteiger partial charge in [0.15, 0.2) is 4.80 Å². The summed E-state index contributed by atoms with van der Waals surface area (Å²) in [5, 5.41) is 2.76. The molecule has 0 aliphatic heterocycles. The third-order valence-electron chi connectivity index (χ3n) is 3.00. The Morgan fingerprint density at radius 1 is 1.45 bits per heavy atom. The highest BCUT2D eigenvalue weighted by Crippen LogP contribution is 2.22. The number of hydrogen-bond acceptors (Lipinski definition) is 3. The van der Waals surface area contributed by atoms with Crippen LogP contribution >= 0.6 is 11.3 Å². The standard InChI is InChI=1S/C16H19N3O2S/c1-4-6-15(21)18-16-19(9-5-2)13-8-7-12(17-11(3)20)10-14(13)22-16/h5,7-8,10H,2,4,6,9H2,1,3H3,(H,17,20). The van der Waals surface area contributed by atoms with Crippen LogP contribution in [-0.4, -0.2) is 16.4 Å². The maximum atomic E-state index is 11.8. The highest BCUT2D eigenvalue weighted by molar-refractivity contribution is 7.16. The minimum atomic E-state index is -0.117. The van der Waals surface area contributed by atoms with Crippen LogP contribution in [0, 0.1) is 0 Å². The number of nitrogens with zero attached hydrogens (tertiary/aromatic N) is 2. The van der Waals surface area contributed by atoms with Gasteiger partial charge in [-0.1, -0.05) is 24.3 Å². The molecule has 1 aromatic heterocycles. The Labute approximate surface area is 133 Å². The SMILES string of the molecule is C=CCn1c(=NC(=O)CCC)sc2cc(NC(C)=O)ccc21. The minimum absolute atomic E-state index is 0.113. The summed E-state index contributed by atoms with van der Waals surface area (Å²) in [5.41, 5.74) is 1.71. The van der Waals surface area contributed by atoms with Gasteiger partial charge in [0.25, 0.3) is 0 Å². The van der Waals surface area contributed by atoms with Crippen molar-refractivity contribution < 1.29 is 9.59 Å². The van der Waals surface area contributed by atoms with Gasteiger partial charge in [-0.05, 0) is 24.6 Å². The molecule has 0 spiro atoms. The summed E-state index contributed by atoms with van der Waals surface area (Å²) in [6.07, 6.45) is 3.00. The smallest absolute Gasteiger partial charge is 0.248 e. The fourth-order valence-corrected chi connectivity index (χ4v) is 3.22. The number of carbonyl (C=O) groups is 2. The predicted octanol–water partition coefficient (Wildman–Crippen LogP) is 3.07. The number of allylic oxidation sites excluding steroid dienone is 1. The Bertz CT molecular complexity index is 786. The summed E-state index contributed by atoms with van der Waals surface area (Å²) in [5.74, 6) is -0.230. The molecule has 0 radical (unpaired) electrons. The second-order valence-corrected chi connectivity index (χ2v) is 5.91. The molecule has 1 heterocycles. The van der Waals surface area contributed by atoms with Crippen molar-refractivity contribution in [2.45, 2.75) is 33.2 Å². The van der Waals surface area contributed by atoms with Crippen LogP contribution in [0.3, 0.4) is 0 Å². The van der Waals surface area contributed by atoms with Crippen molar-refractivity contribution in [2.75, 3.05) is 5.32 Å². The molecule has 5 nitrogen and oxygen atoms in total. The molecule has 1 aromatic carbocycles. The number of anilines is 1. The molecule has 0 unspecified atom stereocenters. The molecule has 0 aliphatic carbocycles. The van der Waals surface area contributed by atoms with Crippen LogP contribution in [0.4, 0.5) is 5.69 Å². The third kappa shape index (κ3) is 3.71. The van der Waals surface area contributed by atoms with E-state index < -0.39 is 0 Å². The molecule has 0 saturated carbocycles. The Morgan fingerprint density at radius 3 is 2.86 bits per heavy atom. The second kappa shape index (κ2) is 7.17. The zero-order valence-corrected chi connectivity index (χ0v) is 13.6. The average molecular weight is 317 g/mol.